The highest BCUT2D eigenvalue weighted by molar-refractivity contribution is 5.46. The summed E-state index contributed by atoms with van der Waals surface area (Å²) in [4.78, 5) is 16.9. The van der Waals surface area contributed by atoms with Crippen LogP contribution in [0.5, 0.6) is 0 Å². The number of nitrogens with one attached hydrogen (secondary N) is 1. The lowest BCUT2D eigenvalue weighted by Crippen LogP contribution is -2.24. The molecular weight excluding hydrogens is 314 g/mol. The first-order valence-electron chi connectivity index (χ1n) is 8.56. The molecule has 0 aliphatic heterocycles. The first kappa shape index (κ1) is 17.3. The third-order valence-corrected chi connectivity index (χ3v) is 4.32. The van der Waals surface area contributed by atoms with Crippen LogP contribution in [0.4, 0.5) is 0 Å². The van der Waals surface area contributed by atoms with Crippen molar-refractivity contribution in [2.24, 2.45) is 0 Å². The summed E-state index contributed by atoms with van der Waals surface area (Å²) in [6.07, 6.45) is 3.29. The van der Waals surface area contributed by atoms with E-state index in [0.29, 0.717) is 12.2 Å². The van der Waals surface area contributed by atoms with Gasteiger partial charge >= 0.3 is 0 Å². The highest BCUT2D eigenvalue weighted by Gasteiger charge is 2.12. The molecule has 0 radical (unpaired) electrons. The van der Waals surface area contributed by atoms with E-state index in [1.807, 2.05) is 37.3 Å². The van der Waals surface area contributed by atoms with E-state index in [2.05, 4.69) is 22.4 Å². The van der Waals surface area contributed by atoms with Gasteiger partial charge in [0.05, 0.1) is 5.69 Å². The molecule has 1 aromatic carbocycles. The van der Waals surface area contributed by atoms with Crippen LogP contribution in [0.3, 0.4) is 0 Å². The van der Waals surface area contributed by atoms with E-state index in [9.17, 15) is 4.79 Å². The molecule has 130 valence electrons. The van der Waals surface area contributed by atoms with Crippen LogP contribution in [-0.2, 0) is 6.54 Å². The van der Waals surface area contributed by atoms with E-state index in [1.165, 1.54) is 5.56 Å². The van der Waals surface area contributed by atoms with E-state index >= 15 is 0 Å². The van der Waals surface area contributed by atoms with Gasteiger partial charge in [0, 0.05) is 31.5 Å². The van der Waals surface area contributed by atoms with Crippen molar-refractivity contribution in [3.05, 3.63) is 81.9 Å². The van der Waals surface area contributed by atoms with E-state index in [0.717, 1.165) is 24.1 Å². The van der Waals surface area contributed by atoms with Gasteiger partial charge < -0.3 is 10.4 Å². The van der Waals surface area contributed by atoms with E-state index in [4.69, 9.17) is 5.11 Å². The van der Waals surface area contributed by atoms with E-state index in [1.54, 1.807) is 16.7 Å². The van der Waals surface area contributed by atoms with Gasteiger partial charge in [-0.1, -0.05) is 36.4 Å². The van der Waals surface area contributed by atoms with Crippen molar-refractivity contribution in [3.63, 3.8) is 0 Å². The largest absolute Gasteiger partial charge is 0.396 e. The summed E-state index contributed by atoms with van der Waals surface area (Å²) in [5.41, 5.74) is 3.49. The number of aliphatic hydroxyl groups is 1. The van der Waals surface area contributed by atoms with Crippen LogP contribution in [-0.4, -0.2) is 21.1 Å². The molecule has 2 N–H and O–H groups in total. The topological polar surface area (TPSA) is 66.6 Å². The molecule has 5 heteroatoms. The van der Waals surface area contributed by atoms with Gasteiger partial charge in [-0.2, -0.15) is 0 Å². The van der Waals surface area contributed by atoms with Gasteiger partial charge in [-0.05, 0) is 37.0 Å². The van der Waals surface area contributed by atoms with Crippen LogP contribution in [0.15, 0.2) is 59.5 Å². The van der Waals surface area contributed by atoms with Crippen molar-refractivity contribution < 1.29 is 5.11 Å². The quantitative estimate of drug-likeness (QED) is 0.695. The number of fused-ring (bicyclic) bond motifs is 1. The molecule has 0 fully saturated rings. The van der Waals surface area contributed by atoms with Crippen molar-refractivity contribution in [1.82, 2.24) is 14.7 Å². The van der Waals surface area contributed by atoms with E-state index in [-0.39, 0.29) is 18.2 Å². The minimum absolute atomic E-state index is 0.0721. The summed E-state index contributed by atoms with van der Waals surface area (Å²) in [5, 5.41) is 12.6. The summed E-state index contributed by atoms with van der Waals surface area (Å²) < 4.78 is 1.57. The fourth-order valence-electron chi connectivity index (χ4n) is 2.99. The Morgan fingerprint density at radius 1 is 1.20 bits per heavy atom. The third kappa shape index (κ3) is 4.13. The summed E-state index contributed by atoms with van der Waals surface area (Å²) in [7, 11) is 0. The zero-order valence-electron chi connectivity index (χ0n) is 14.4. The molecule has 0 spiro atoms. The Hall–Kier alpha value is -2.50. The standard InChI is InChI=1S/C20H23N3O2/c1-15-7-5-11-23-19(25)13-17(22-20(15)23)14-21-18(10-6-12-24)16-8-3-2-4-9-16/h2-5,7-9,11,13,18,21,24H,6,10,12,14H2,1H3. The van der Waals surface area contributed by atoms with Crippen LogP contribution in [0.2, 0.25) is 0 Å². The van der Waals surface area contributed by atoms with Gasteiger partial charge in [-0.3, -0.25) is 9.20 Å². The Morgan fingerprint density at radius 2 is 2.00 bits per heavy atom. The van der Waals surface area contributed by atoms with Gasteiger partial charge in [0.15, 0.2) is 0 Å². The molecule has 2 heterocycles. The number of hydrogen-bond donors (Lipinski definition) is 2. The number of aryl methyl sites for hydroxylation is 1. The lowest BCUT2D eigenvalue weighted by atomic mass is 10.0. The monoisotopic (exact) mass is 337 g/mol. The summed E-state index contributed by atoms with van der Waals surface area (Å²) in [5.74, 6) is 0. The number of hydrogen-bond acceptors (Lipinski definition) is 4. The molecule has 5 nitrogen and oxygen atoms in total. The highest BCUT2D eigenvalue weighted by Crippen LogP contribution is 2.18. The number of nitrogens with zero attached hydrogens (tertiary/aromatic N) is 2. The fourth-order valence-corrected chi connectivity index (χ4v) is 2.99. The maximum absolute atomic E-state index is 12.3. The number of aliphatic hydroxyl groups excluding tert-OH is 1. The summed E-state index contributed by atoms with van der Waals surface area (Å²) in [6.45, 7) is 2.62. The minimum Gasteiger partial charge on any atom is -0.396 e. The molecule has 3 rings (SSSR count). The van der Waals surface area contributed by atoms with Crippen LogP contribution < -0.4 is 10.9 Å². The van der Waals surface area contributed by atoms with Crippen molar-refractivity contribution >= 4 is 5.65 Å². The minimum atomic E-state index is -0.0721. The van der Waals surface area contributed by atoms with Crippen molar-refractivity contribution in [2.45, 2.75) is 32.4 Å². The molecule has 0 saturated carbocycles. The third-order valence-electron chi connectivity index (χ3n) is 4.32. The van der Waals surface area contributed by atoms with E-state index < -0.39 is 0 Å². The van der Waals surface area contributed by atoms with Crippen LogP contribution in [0.1, 0.15) is 35.7 Å². The molecule has 0 aliphatic carbocycles. The zero-order valence-corrected chi connectivity index (χ0v) is 14.4. The second-order valence-electron chi connectivity index (χ2n) is 6.18. The number of pyridine rings is 1. The van der Waals surface area contributed by atoms with Crippen LogP contribution in [0.25, 0.3) is 5.65 Å². The predicted molar refractivity (Wildman–Crippen MR) is 98.5 cm³/mol. The maximum Gasteiger partial charge on any atom is 0.258 e. The number of aromatic nitrogens is 2. The molecule has 0 amide bonds. The Kier molecular flexibility index (Phi) is 5.58. The van der Waals surface area contributed by atoms with Gasteiger partial charge in [0.2, 0.25) is 0 Å². The van der Waals surface area contributed by atoms with Gasteiger partial charge in [0.1, 0.15) is 5.65 Å². The van der Waals surface area contributed by atoms with Gasteiger partial charge in [0.25, 0.3) is 5.56 Å². The average Bonchev–Trinajstić information content (AvgIpc) is 2.63. The van der Waals surface area contributed by atoms with Gasteiger partial charge in [-0.25, -0.2) is 4.98 Å². The molecule has 1 atom stereocenters. The van der Waals surface area contributed by atoms with Crippen molar-refractivity contribution in [3.8, 4) is 0 Å². The second-order valence-corrected chi connectivity index (χ2v) is 6.18. The first-order chi connectivity index (χ1) is 12.2. The van der Waals surface area contributed by atoms with Crippen molar-refractivity contribution in [2.75, 3.05) is 6.61 Å². The number of rotatable bonds is 7. The predicted octanol–water partition coefficient (Wildman–Crippen LogP) is 2.61. The summed E-state index contributed by atoms with van der Waals surface area (Å²) in [6, 6.07) is 15.6. The number of benzene rings is 1. The molecular formula is C20H23N3O2. The normalized spacial score (nSPS) is 12.4. The Labute approximate surface area is 147 Å². The Balaban J connectivity index is 1.82. The van der Waals surface area contributed by atoms with Crippen LogP contribution >= 0.6 is 0 Å². The maximum atomic E-state index is 12.3. The first-order valence-corrected chi connectivity index (χ1v) is 8.56. The van der Waals surface area contributed by atoms with Crippen molar-refractivity contribution in [1.29, 1.82) is 0 Å². The molecule has 2 aromatic heterocycles. The molecule has 3 aromatic rings. The Morgan fingerprint density at radius 3 is 2.76 bits per heavy atom. The lowest BCUT2D eigenvalue weighted by Gasteiger charge is -2.19. The fraction of sp³-hybridized carbons (Fsp3) is 0.300. The zero-order chi connectivity index (χ0) is 17.6. The van der Waals surface area contributed by atoms with Crippen LogP contribution in [0, 0.1) is 6.92 Å². The van der Waals surface area contributed by atoms with Gasteiger partial charge in [-0.15, -0.1) is 0 Å². The lowest BCUT2D eigenvalue weighted by molar-refractivity contribution is 0.274. The Bertz CT molecular complexity index is 890. The SMILES string of the molecule is Cc1cccn2c(=O)cc(CNC(CCCO)c3ccccc3)nc12. The molecule has 0 bridgehead atoms. The highest BCUT2D eigenvalue weighted by atomic mass is 16.2. The molecule has 0 aliphatic rings. The second kappa shape index (κ2) is 8.05. The molecule has 0 saturated heterocycles. The smallest absolute Gasteiger partial charge is 0.258 e. The summed E-state index contributed by atoms with van der Waals surface area (Å²) >= 11 is 0. The average molecular weight is 337 g/mol. The molecule has 25 heavy (non-hydrogen) atoms. The molecule has 1 unspecified atom stereocenters.